The van der Waals surface area contributed by atoms with Gasteiger partial charge in [-0.15, -0.1) is 0 Å². The summed E-state index contributed by atoms with van der Waals surface area (Å²) < 4.78 is 47.6. The van der Waals surface area contributed by atoms with Gasteiger partial charge in [-0.2, -0.15) is 0 Å². The van der Waals surface area contributed by atoms with E-state index < -0.39 is 17.5 Å². The smallest absolute Gasteiger partial charge is 0.234 e. The van der Waals surface area contributed by atoms with Gasteiger partial charge >= 0.3 is 0 Å². The number of rotatable bonds is 6. The van der Waals surface area contributed by atoms with E-state index in [4.69, 9.17) is 4.74 Å². The SMILES string of the molecule is C=C/C=C(\C=C(/C)F)OCc1cn2cc(-c3cccc(F)c3F)cnc2n1. The van der Waals surface area contributed by atoms with E-state index in [2.05, 4.69) is 16.5 Å². The third-order valence-electron chi connectivity index (χ3n) is 3.63. The molecule has 4 nitrogen and oxygen atoms in total. The molecule has 0 aliphatic carbocycles. The number of hydrogen-bond acceptors (Lipinski definition) is 3. The minimum Gasteiger partial charge on any atom is -0.487 e. The van der Waals surface area contributed by atoms with E-state index in [1.54, 1.807) is 16.8 Å². The molecule has 0 atom stereocenters. The van der Waals surface area contributed by atoms with Crippen LogP contribution < -0.4 is 0 Å². The Hall–Kier alpha value is -3.35. The molecule has 27 heavy (non-hydrogen) atoms. The summed E-state index contributed by atoms with van der Waals surface area (Å²) in [5, 5.41) is 0. The molecule has 0 bridgehead atoms. The van der Waals surface area contributed by atoms with Crippen molar-refractivity contribution in [2.75, 3.05) is 0 Å². The zero-order valence-corrected chi connectivity index (χ0v) is 14.5. The number of allylic oxidation sites excluding steroid dienone is 4. The van der Waals surface area contributed by atoms with E-state index in [-0.39, 0.29) is 12.2 Å². The van der Waals surface area contributed by atoms with Gasteiger partial charge in [-0.25, -0.2) is 23.1 Å². The topological polar surface area (TPSA) is 39.4 Å². The molecule has 2 heterocycles. The van der Waals surface area contributed by atoms with Gasteiger partial charge in [0, 0.05) is 35.8 Å². The van der Waals surface area contributed by atoms with E-state index in [1.165, 1.54) is 43.5 Å². The van der Waals surface area contributed by atoms with Gasteiger partial charge in [0.1, 0.15) is 18.2 Å². The third kappa shape index (κ3) is 4.25. The highest BCUT2D eigenvalue weighted by Crippen LogP contribution is 2.24. The van der Waals surface area contributed by atoms with Crippen LogP contribution >= 0.6 is 0 Å². The summed E-state index contributed by atoms with van der Waals surface area (Å²) in [6.45, 7) is 4.94. The first-order valence-electron chi connectivity index (χ1n) is 8.05. The summed E-state index contributed by atoms with van der Waals surface area (Å²) in [6, 6.07) is 3.96. The maximum Gasteiger partial charge on any atom is 0.234 e. The number of halogens is 3. The Morgan fingerprint density at radius 3 is 2.85 bits per heavy atom. The van der Waals surface area contributed by atoms with Gasteiger partial charge in [-0.1, -0.05) is 24.8 Å². The molecule has 2 aromatic heterocycles. The predicted octanol–water partition coefficient (Wildman–Crippen LogP) is 5.13. The number of aromatic nitrogens is 3. The lowest BCUT2D eigenvalue weighted by atomic mass is 10.1. The molecule has 7 heteroatoms. The fraction of sp³-hybridized carbons (Fsp3) is 0.100. The molecule has 0 saturated heterocycles. The molecule has 0 spiro atoms. The highest BCUT2D eigenvalue weighted by Gasteiger charge is 2.12. The second-order valence-corrected chi connectivity index (χ2v) is 5.71. The molecule has 138 valence electrons. The Bertz CT molecular complexity index is 1050. The molecule has 0 N–H and O–H groups in total. The summed E-state index contributed by atoms with van der Waals surface area (Å²) >= 11 is 0. The van der Waals surface area contributed by atoms with Crippen molar-refractivity contribution in [3.05, 3.63) is 90.5 Å². The molecule has 0 amide bonds. The van der Waals surface area contributed by atoms with Crippen LogP contribution in [0.3, 0.4) is 0 Å². The first-order valence-corrected chi connectivity index (χ1v) is 8.05. The van der Waals surface area contributed by atoms with E-state index in [0.717, 1.165) is 6.07 Å². The summed E-state index contributed by atoms with van der Waals surface area (Å²) in [7, 11) is 0. The molecule has 3 aromatic rings. The summed E-state index contributed by atoms with van der Waals surface area (Å²) in [6.07, 6.45) is 8.93. The van der Waals surface area contributed by atoms with Crippen molar-refractivity contribution in [3.63, 3.8) is 0 Å². The predicted molar refractivity (Wildman–Crippen MR) is 96.3 cm³/mol. The zero-order valence-electron chi connectivity index (χ0n) is 14.5. The second-order valence-electron chi connectivity index (χ2n) is 5.71. The summed E-state index contributed by atoms with van der Waals surface area (Å²) in [5.74, 6) is -1.58. The molecule has 0 aliphatic heterocycles. The molecular weight excluding hydrogens is 355 g/mol. The van der Waals surface area contributed by atoms with Crippen LogP contribution in [0.5, 0.6) is 0 Å². The third-order valence-corrected chi connectivity index (χ3v) is 3.63. The second kappa shape index (κ2) is 7.90. The average Bonchev–Trinajstić information content (AvgIpc) is 3.04. The number of imidazole rings is 1. The van der Waals surface area contributed by atoms with Crippen molar-refractivity contribution < 1.29 is 17.9 Å². The highest BCUT2D eigenvalue weighted by atomic mass is 19.2. The van der Waals surface area contributed by atoms with Crippen LogP contribution in [0.25, 0.3) is 16.9 Å². The average molecular weight is 371 g/mol. The Morgan fingerprint density at radius 1 is 1.30 bits per heavy atom. The van der Waals surface area contributed by atoms with E-state index in [1.807, 2.05) is 0 Å². The van der Waals surface area contributed by atoms with E-state index in [9.17, 15) is 13.2 Å². The van der Waals surface area contributed by atoms with Crippen molar-refractivity contribution in [1.82, 2.24) is 14.4 Å². The Labute approximate surface area is 154 Å². The quantitative estimate of drug-likeness (QED) is 0.445. The molecular formula is C20H16F3N3O. The van der Waals surface area contributed by atoms with Crippen LogP contribution in [-0.4, -0.2) is 14.4 Å². The lowest BCUT2D eigenvalue weighted by Crippen LogP contribution is -1.93. The van der Waals surface area contributed by atoms with Crippen LogP contribution in [0.15, 0.2) is 73.2 Å². The fourth-order valence-corrected chi connectivity index (χ4v) is 2.48. The monoisotopic (exact) mass is 371 g/mol. The zero-order chi connectivity index (χ0) is 19.4. The maximum absolute atomic E-state index is 14.0. The molecule has 0 radical (unpaired) electrons. The van der Waals surface area contributed by atoms with Gasteiger partial charge in [0.15, 0.2) is 11.6 Å². The lowest BCUT2D eigenvalue weighted by Gasteiger charge is -2.04. The Balaban J connectivity index is 1.86. The van der Waals surface area contributed by atoms with Crippen LogP contribution in [0.1, 0.15) is 12.6 Å². The summed E-state index contributed by atoms with van der Waals surface area (Å²) in [5.41, 5.74) is 1.06. The minimum atomic E-state index is -0.935. The van der Waals surface area contributed by atoms with Gasteiger partial charge in [0.05, 0.1) is 5.69 Å². The molecule has 0 saturated carbocycles. The van der Waals surface area contributed by atoms with E-state index in [0.29, 0.717) is 22.8 Å². The number of nitrogens with zero attached hydrogens (tertiary/aromatic N) is 3. The number of benzene rings is 1. The molecule has 3 rings (SSSR count). The van der Waals surface area contributed by atoms with Crippen molar-refractivity contribution in [2.24, 2.45) is 0 Å². The van der Waals surface area contributed by atoms with Gasteiger partial charge in [0.25, 0.3) is 0 Å². The normalized spacial score (nSPS) is 12.4. The van der Waals surface area contributed by atoms with E-state index >= 15 is 0 Å². The standard InChI is InChI=1S/C20H16F3N3O/c1-3-5-16(8-13(2)21)27-12-15-11-26-10-14(9-24-20(26)25-15)17-6-4-7-18(22)19(17)23/h3-11H,1,12H2,2H3/b13-8+,16-5+. The van der Waals surface area contributed by atoms with Crippen molar-refractivity contribution in [2.45, 2.75) is 13.5 Å². The lowest BCUT2D eigenvalue weighted by molar-refractivity contribution is 0.207. The molecule has 1 aromatic carbocycles. The van der Waals surface area contributed by atoms with Crippen molar-refractivity contribution >= 4 is 5.78 Å². The maximum atomic E-state index is 14.0. The van der Waals surface area contributed by atoms with Crippen LogP contribution in [0.4, 0.5) is 13.2 Å². The van der Waals surface area contributed by atoms with Crippen molar-refractivity contribution in [3.8, 4) is 11.1 Å². The van der Waals surface area contributed by atoms with Crippen LogP contribution in [-0.2, 0) is 11.3 Å². The van der Waals surface area contributed by atoms with Gasteiger partial charge < -0.3 is 4.74 Å². The molecule has 0 unspecified atom stereocenters. The van der Waals surface area contributed by atoms with Crippen LogP contribution in [0, 0.1) is 11.6 Å². The number of hydrogen-bond donors (Lipinski definition) is 0. The first-order chi connectivity index (χ1) is 13.0. The Morgan fingerprint density at radius 2 is 2.11 bits per heavy atom. The van der Waals surface area contributed by atoms with Gasteiger partial charge in [-0.3, -0.25) is 4.40 Å². The molecule has 0 aliphatic rings. The van der Waals surface area contributed by atoms with Crippen LogP contribution in [0.2, 0.25) is 0 Å². The number of ether oxygens (including phenoxy) is 1. The number of fused-ring (bicyclic) bond motifs is 1. The fourth-order valence-electron chi connectivity index (χ4n) is 2.48. The summed E-state index contributed by atoms with van der Waals surface area (Å²) in [4.78, 5) is 8.46. The first kappa shape index (κ1) is 18.4. The largest absolute Gasteiger partial charge is 0.487 e. The highest BCUT2D eigenvalue weighted by molar-refractivity contribution is 5.63. The van der Waals surface area contributed by atoms with Crippen molar-refractivity contribution in [1.29, 1.82) is 0 Å². The van der Waals surface area contributed by atoms with Gasteiger partial charge in [-0.05, 0) is 19.1 Å². The van der Waals surface area contributed by atoms with Gasteiger partial charge in [0.2, 0.25) is 5.78 Å². The Kier molecular flexibility index (Phi) is 5.40. The molecule has 0 fully saturated rings. The minimum absolute atomic E-state index is 0.0798.